The lowest BCUT2D eigenvalue weighted by Gasteiger charge is -2.12. The topological polar surface area (TPSA) is 97.6 Å². The Bertz CT molecular complexity index is 554. The molecule has 0 aliphatic carbocycles. The Hall–Kier alpha value is -2.51. The van der Waals surface area contributed by atoms with E-state index in [1.54, 1.807) is 29.5 Å². The van der Waals surface area contributed by atoms with Crippen molar-refractivity contribution >= 4 is 11.8 Å². The first-order valence-corrected chi connectivity index (χ1v) is 6.40. The number of rotatable bonds is 5. The fourth-order valence-corrected chi connectivity index (χ4v) is 1.69. The van der Waals surface area contributed by atoms with Crippen LogP contribution in [-0.4, -0.2) is 37.0 Å². The molecular weight excluding hydrogens is 258 g/mol. The first-order valence-electron chi connectivity index (χ1n) is 6.40. The van der Waals surface area contributed by atoms with Gasteiger partial charge in [-0.3, -0.25) is 20.0 Å². The fourth-order valence-electron chi connectivity index (χ4n) is 1.69. The minimum atomic E-state index is -0.315. The van der Waals surface area contributed by atoms with Crippen molar-refractivity contribution < 1.29 is 4.79 Å². The van der Waals surface area contributed by atoms with Crippen LogP contribution in [0.25, 0.3) is 0 Å². The smallest absolute Gasteiger partial charge is 0.320 e. The van der Waals surface area contributed by atoms with E-state index in [1.165, 1.54) is 0 Å². The van der Waals surface area contributed by atoms with Gasteiger partial charge in [-0.25, -0.2) is 4.79 Å². The molecule has 2 rings (SSSR count). The molecule has 0 aromatic carbocycles. The average molecular weight is 275 g/mol. The second-order valence-corrected chi connectivity index (χ2v) is 4.36. The van der Waals surface area contributed by atoms with Crippen LogP contribution >= 0.6 is 0 Å². The number of amides is 2. The third kappa shape index (κ3) is 4.01. The summed E-state index contributed by atoms with van der Waals surface area (Å²) in [5, 5.41) is 13.1. The number of carbonyl (C=O) groups excluding carboxylic acids is 1. The molecule has 0 fully saturated rings. The lowest BCUT2D eigenvalue weighted by Crippen LogP contribution is -2.37. The van der Waals surface area contributed by atoms with Crippen LogP contribution in [0.4, 0.5) is 10.6 Å². The standard InChI is InChI=1S/C12H17N7O/c1-3-19-8-11(17-18-19)16-12(20)15-9(2)6-10-7-13-4-5-14-10/h4-5,7-9H,3,6H2,1-2H3,(H2,15,16,20)/t9-/m1/s1. The van der Waals surface area contributed by atoms with Crippen LogP contribution in [-0.2, 0) is 13.0 Å². The number of aryl methyl sites for hydroxylation is 1. The van der Waals surface area contributed by atoms with Crippen LogP contribution in [0.3, 0.4) is 0 Å². The summed E-state index contributed by atoms with van der Waals surface area (Å²) in [6.07, 6.45) is 7.22. The zero-order valence-corrected chi connectivity index (χ0v) is 11.4. The Morgan fingerprint density at radius 3 is 2.95 bits per heavy atom. The van der Waals surface area contributed by atoms with Crippen LogP contribution < -0.4 is 10.6 Å². The quantitative estimate of drug-likeness (QED) is 0.842. The summed E-state index contributed by atoms with van der Waals surface area (Å²) in [5.41, 5.74) is 0.831. The lowest BCUT2D eigenvalue weighted by molar-refractivity contribution is 0.249. The number of anilines is 1. The number of carbonyl (C=O) groups is 1. The number of aromatic nitrogens is 5. The Morgan fingerprint density at radius 2 is 2.30 bits per heavy atom. The molecule has 2 N–H and O–H groups in total. The van der Waals surface area contributed by atoms with Crippen molar-refractivity contribution in [1.82, 2.24) is 30.3 Å². The zero-order valence-electron chi connectivity index (χ0n) is 11.4. The van der Waals surface area contributed by atoms with Crippen molar-refractivity contribution in [3.05, 3.63) is 30.5 Å². The van der Waals surface area contributed by atoms with Gasteiger partial charge in [-0.05, 0) is 13.8 Å². The molecule has 2 heterocycles. The molecule has 1 atom stereocenters. The number of nitrogens with one attached hydrogen (secondary N) is 2. The van der Waals surface area contributed by atoms with Crippen molar-refractivity contribution in [2.75, 3.05) is 5.32 Å². The van der Waals surface area contributed by atoms with Crippen LogP contribution in [0.1, 0.15) is 19.5 Å². The maximum atomic E-state index is 11.8. The maximum absolute atomic E-state index is 11.8. The molecular formula is C12H17N7O. The molecule has 0 aliphatic rings. The van der Waals surface area contributed by atoms with Gasteiger partial charge >= 0.3 is 6.03 Å². The molecule has 20 heavy (non-hydrogen) atoms. The summed E-state index contributed by atoms with van der Waals surface area (Å²) >= 11 is 0. The minimum Gasteiger partial charge on any atom is -0.335 e. The summed E-state index contributed by atoms with van der Waals surface area (Å²) in [5.74, 6) is 0.427. The highest BCUT2D eigenvalue weighted by Gasteiger charge is 2.10. The van der Waals surface area contributed by atoms with Crippen molar-refractivity contribution in [3.8, 4) is 0 Å². The fraction of sp³-hybridized carbons (Fsp3) is 0.417. The van der Waals surface area contributed by atoms with E-state index < -0.39 is 0 Å². The maximum Gasteiger partial charge on any atom is 0.320 e. The summed E-state index contributed by atoms with van der Waals surface area (Å²) in [6.45, 7) is 4.55. The molecule has 106 valence electrons. The third-order valence-corrected chi connectivity index (χ3v) is 2.61. The van der Waals surface area contributed by atoms with Crippen LogP contribution in [0.2, 0.25) is 0 Å². The van der Waals surface area contributed by atoms with Crippen LogP contribution in [0, 0.1) is 0 Å². The highest BCUT2D eigenvalue weighted by atomic mass is 16.2. The first-order chi connectivity index (χ1) is 9.67. The predicted molar refractivity (Wildman–Crippen MR) is 73.0 cm³/mol. The molecule has 0 aliphatic heterocycles. The number of urea groups is 1. The van der Waals surface area contributed by atoms with Gasteiger partial charge in [-0.2, -0.15) is 0 Å². The van der Waals surface area contributed by atoms with Gasteiger partial charge in [0.05, 0.1) is 11.9 Å². The van der Waals surface area contributed by atoms with Crippen molar-refractivity contribution in [1.29, 1.82) is 0 Å². The Balaban J connectivity index is 1.81. The zero-order chi connectivity index (χ0) is 14.4. The van der Waals surface area contributed by atoms with E-state index in [1.807, 2.05) is 13.8 Å². The third-order valence-electron chi connectivity index (χ3n) is 2.61. The molecule has 0 bridgehead atoms. The minimum absolute atomic E-state index is 0.0621. The Morgan fingerprint density at radius 1 is 1.45 bits per heavy atom. The van der Waals surface area contributed by atoms with Crippen molar-refractivity contribution in [2.45, 2.75) is 32.9 Å². The van der Waals surface area contributed by atoms with Gasteiger partial charge in [0.2, 0.25) is 0 Å². The normalized spacial score (nSPS) is 11.9. The Labute approximate surface area is 116 Å². The molecule has 2 aromatic heterocycles. The number of hydrogen-bond donors (Lipinski definition) is 2. The second kappa shape index (κ2) is 6.60. The molecule has 0 radical (unpaired) electrons. The van der Waals surface area contributed by atoms with Gasteiger partial charge in [-0.15, -0.1) is 5.10 Å². The first kappa shape index (κ1) is 13.9. The molecule has 8 heteroatoms. The number of nitrogens with zero attached hydrogens (tertiary/aromatic N) is 5. The summed E-state index contributed by atoms with van der Waals surface area (Å²) in [7, 11) is 0. The Kier molecular flexibility index (Phi) is 4.59. The van der Waals surface area contributed by atoms with Crippen LogP contribution in [0.5, 0.6) is 0 Å². The molecule has 2 amide bonds. The number of hydrogen-bond acceptors (Lipinski definition) is 5. The van der Waals surface area contributed by atoms with E-state index in [0.29, 0.717) is 18.8 Å². The van der Waals surface area contributed by atoms with E-state index in [2.05, 4.69) is 30.9 Å². The van der Waals surface area contributed by atoms with E-state index in [9.17, 15) is 4.79 Å². The van der Waals surface area contributed by atoms with Crippen LogP contribution in [0.15, 0.2) is 24.8 Å². The van der Waals surface area contributed by atoms with Gasteiger partial charge in [0.15, 0.2) is 5.82 Å². The van der Waals surface area contributed by atoms with Crippen molar-refractivity contribution in [2.24, 2.45) is 0 Å². The van der Waals surface area contributed by atoms with E-state index >= 15 is 0 Å². The SMILES string of the molecule is CCn1cc(NC(=O)N[C@H](C)Cc2cnccn2)nn1. The van der Waals surface area contributed by atoms with Gasteiger partial charge in [0, 0.05) is 37.6 Å². The molecule has 2 aromatic rings. The highest BCUT2D eigenvalue weighted by molar-refractivity contribution is 5.88. The van der Waals surface area contributed by atoms with Gasteiger partial charge in [-0.1, -0.05) is 5.21 Å². The molecule has 0 saturated carbocycles. The summed E-state index contributed by atoms with van der Waals surface area (Å²) in [4.78, 5) is 19.9. The van der Waals surface area contributed by atoms with E-state index in [0.717, 1.165) is 5.69 Å². The van der Waals surface area contributed by atoms with E-state index in [-0.39, 0.29) is 12.1 Å². The lowest BCUT2D eigenvalue weighted by atomic mass is 10.2. The molecule has 0 saturated heterocycles. The molecule has 8 nitrogen and oxygen atoms in total. The molecule has 0 unspecified atom stereocenters. The van der Waals surface area contributed by atoms with E-state index in [4.69, 9.17) is 0 Å². The monoisotopic (exact) mass is 275 g/mol. The van der Waals surface area contributed by atoms with Gasteiger partial charge in [0.25, 0.3) is 0 Å². The average Bonchev–Trinajstić information content (AvgIpc) is 2.87. The highest BCUT2D eigenvalue weighted by Crippen LogP contribution is 2.01. The largest absolute Gasteiger partial charge is 0.335 e. The summed E-state index contributed by atoms with van der Waals surface area (Å²) < 4.78 is 1.64. The summed E-state index contributed by atoms with van der Waals surface area (Å²) in [6, 6.07) is -0.377. The van der Waals surface area contributed by atoms with Gasteiger partial charge in [0.1, 0.15) is 0 Å². The second-order valence-electron chi connectivity index (χ2n) is 4.36. The predicted octanol–water partition coefficient (Wildman–Crippen LogP) is 0.841. The van der Waals surface area contributed by atoms with Gasteiger partial charge < -0.3 is 5.32 Å². The molecule has 0 spiro atoms. The van der Waals surface area contributed by atoms with Crippen molar-refractivity contribution in [3.63, 3.8) is 0 Å².